The zero-order valence-corrected chi connectivity index (χ0v) is 9.61. The van der Waals surface area contributed by atoms with Crippen LogP contribution in [0.15, 0.2) is 41.5 Å². The van der Waals surface area contributed by atoms with Gasteiger partial charge in [0.1, 0.15) is 5.69 Å². The third-order valence-electron chi connectivity index (χ3n) is 2.90. The van der Waals surface area contributed by atoms with Crippen LogP contribution in [-0.2, 0) is 4.79 Å². The lowest BCUT2D eigenvalue weighted by molar-refractivity contribution is -0.488. The van der Waals surface area contributed by atoms with Crippen LogP contribution in [0.25, 0.3) is 10.9 Å². The molecule has 0 spiro atoms. The average molecular weight is 256 g/mol. The van der Waals surface area contributed by atoms with Gasteiger partial charge >= 0.3 is 6.04 Å². The van der Waals surface area contributed by atoms with E-state index in [-0.39, 0.29) is 5.71 Å². The number of carbonyl (C=O) groups is 1. The first-order valence-corrected chi connectivity index (χ1v) is 5.53. The Kier molecular flexibility index (Phi) is 2.45. The van der Waals surface area contributed by atoms with Crippen molar-refractivity contribution < 1.29 is 9.72 Å². The predicted octanol–water partition coefficient (Wildman–Crippen LogP) is 1.09. The first kappa shape index (κ1) is 11.3. The lowest BCUT2D eigenvalue weighted by atomic mass is 10.0. The number of nitro groups is 1. The zero-order valence-electron chi connectivity index (χ0n) is 9.61. The van der Waals surface area contributed by atoms with Gasteiger partial charge in [0.2, 0.25) is 5.78 Å². The molecule has 7 nitrogen and oxygen atoms in total. The number of rotatable bonds is 2. The van der Waals surface area contributed by atoms with Crippen molar-refractivity contribution in [3.8, 4) is 0 Å². The number of hydrogen-bond donors (Lipinski definition) is 1. The third-order valence-corrected chi connectivity index (χ3v) is 2.90. The van der Waals surface area contributed by atoms with Gasteiger partial charge in [0, 0.05) is 22.6 Å². The Labute approximate surface area is 106 Å². The lowest BCUT2D eigenvalue weighted by Gasteiger charge is -2.10. The Balaban J connectivity index is 2.19. The number of nitrogens with zero attached hydrogens (tertiary/aromatic N) is 3. The summed E-state index contributed by atoms with van der Waals surface area (Å²) < 4.78 is 0. The van der Waals surface area contributed by atoms with Crippen molar-refractivity contribution in [3.63, 3.8) is 0 Å². The molecule has 0 fully saturated rings. The highest BCUT2D eigenvalue weighted by Crippen LogP contribution is 2.20. The van der Waals surface area contributed by atoms with Gasteiger partial charge in [-0.05, 0) is 6.07 Å². The van der Waals surface area contributed by atoms with Crippen LogP contribution >= 0.6 is 0 Å². The Morgan fingerprint density at radius 2 is 2.11 bits per heavy atom. The summed E-state index contributed by atoms with van der Waals surface area (Å²) >= 11 is 0. The van der Waals surface area contributed by atoms with Gasteiger partial charge in [-0.15, -0.1) is 0 Å². The molecular weight excluding hydrogens is 248 g/mol. The highest BCUT2D eigenvalue weighted by atomic mass is 16.6. The van der Waals surface area contributed by atoms with Crippen LogP contribution in [0.2, 0.25) is 0 Å². The summed E-state index contributed by atoms with van der Waals surface area (Å²) in [5.74, 6) is -0.595. The Bertz CT molecular complexity index is 744. The number of ketones is 1. The van der Waals surface area contributed by atoms with E-state index in [0.717, 1.165) is 11.6 Å². The SMILES string of the molecule is O=C1C=CN=C(c2n[nH]c3ccccc23)C1[N+](=O)[O-]. The van der Waals surface area contributed by atoms with Crippen molar-refractivity contribution in [2.45, 2.75) is 6.04 Å². The minimum absolute atomic E-state index is 0.0648. The van der Waals surface area contributed by atoms with Gasteiger partial charge in [-0.2, -0.15) is 5.10 Å². The van der Waals surface area contributed by atoms with Crippen molar-refractivity contribution in [2.75, 3.05) is 0 Å². The molecule has 7 heteroatoms. The maximum Gasteiger partial charge on any atom is 0.317 e. The molecule has 1 aromatic carbocycles. The summed E-state index contributed by atoms with van der Waals surface area (Å²) in [5, 5.41) is 18.6. The van der Waals surface area contributed by atoms with Crippen molar-refractivity contribution in [2.24, 2.45) is 4.99 Å². The fourth-order valence-corrected chi connectivity index (χ4v) is 2.04. The molecule has 1 aliphatic rings. The van der Waals surface area contributed by atoms with E-state index in [2.05, 4.69) is 15.2 Å². The van der Waals surface area contributed by atoms with Crippen LogP contribution < -0.4 is 0 Å². The lowest BCUT2D eigenvalue weighted by Crippen LogP contribution is -2.38. The zero-order chi connectivity index (χ0) is 13.4. The van der Waals surface area contributed by atoms with Gasteiger partial charge in [-0.25, -0.2) is 0 Å². The number of H-pyrrole nitrogens is 1. The molecule has 0 bridgehead atoms. The minimum atomic E-state index is -1.49. The van der Waals surface area contributed by atoms with Crippen molar-refractivity contribution in [1.29, 1.82) is 0 Å². The molecule has 0 amide bonds. The van der Waals surface area contributed by atoms with Gasteiger partial charge in [-0.1, -0.05) is 18.2 Å². The maximum absolute atomic E-state index is 11.6. The second-order valence-electron chi connectivity index (χ2n) is 4.04. The van der Waals surface area contributed by atoms with Gasteiger partial charge in [0.15, 0.2) is 5.71 Å². The van der Waals surface area contributed by atoms with E-state index in [0.29, 0.717) is 11.1 Å². The minimum Gasteiger partial charge on any atom is -0.287 e. The fourth-order valence-electron chi connectivity index (χ4n) is 2.04. The topological polar surface area (TPSA) is 101 Å². The average Bonchev–Trinajstić information content (AvgIpc) is 2.81. The van der Waals surface area contributed by atoms with Crippen molar-refractivity contribution in [1.82, 2.24) is 10.2 Å². The number of fused-ring (bicyclic) bond motifs is 1. The molecule has 1 aromatic heterocycles. The smallest absolute Gasteiger partial charge is 0.287 e. The Morgan fingerprint density at radius 3 is 2.89 bits per heavy atom. The van der Waals surface area contributed by atoms with Gasteiger partial charge in [-0.3, -0.25) is 25.0 Å². The van der Waals surface area contributed by atoms with E-state index in [4.69, 9.17) is 0 Å². The molecule has 0 saturated carbocycles. The number of para-hydroxylation sites is 1. The van der Waals surface area contributed by atoms with E-state index in [1.807, 2.05) is 6.07 Å². The molecule has 0 aliphatic carbocycles. The molecule has 2 aromatic rings. The molecule has 3 rings (SSSR count). The van der Waals surface area contributed by atoms with E-state index < -0.39 is 16.7 Å². The first-order valence-electron chi connectivity index (χ1n) is 5.53. The molecule has 19 heavy (non-hydrogen) atoms. The molecule has 0 saturated heterocycles. The predicted molar refractivity (Wildman–Crippen MR) is 67.6 cm³/mol. The van der Waals surface area contributed by atoms with Crippen molar-refractivity contribution >= 4 is 22.4 Å². The molecule has 1 N–H and O–H groups in total. The molecule has 1 unspecified atom stereocenters. The van der Waals surface area contributed by atoms with Crippen LogP contribution in [0.1, 0.15) is 5.69 Å². The Morgan fingerprint density at radius 1 is 1.32 bits per heavy atom. The van der Waals surface area contributed by atoms with Crippen LogP contribution in [0.3, 0.4) is 0 Å². The second kappa shape index (κ2) is 4.13. The molecule has 2 heterocycles. The number of carbonyl (C=O) groups excluding carboxylic acids is 1. The number of nitrogens with one attached hydrogen (secondary N) is 1. The highest BCUT2D eigenvalue weighted by molar-refractivity contribution is 6.23. The van der Waals surface area contributed by atoms with Gasteiger partial charge in [0.05, 0.1) is 5.52 Å². The van der Waals surface area contributed by atoms with Gasteiger partial charge < -0.3 is 0 Å². The van der Waals surface area contributed by atoms with E-state index >= 15 is 0 Å². The largest absolute Gasteiger partial charge is 0.317 e. The molecule has 1 aliphatic heterocycles. The number of aliphatic imine (C=N–C) groups is 1. The normalized spacial score (nSPS) is 18.6. The summed E-state index contributed by atoms with van der Waals surface area (Å²) in [5.41, 5.74) is 1.15. The molecule has 0 radical (unpaired) electrons. The standard InChI is InChI=1S/C12H8N4O3/c17-9-5-6-13-11(12(9)16(18)19)10-7-3-1-2-4-8(7)14-15-10/h1-6,12H,(H,14,15). The highest BCUT2D eigenvalue weighted by Gasteiger charge is 2.38. The number of aromatic amines is 1. The van der Waals surface area contributed by atoms with Crippen LogP contribution in [-0.4, -0.2) is 32.7 Å². The van der Waals surface area contributed by atoms with Crippen LogP contribution in [0, 0.1) is 10.1 Å². The summed E-state index contributed by atoms with van der Waals surface area (Å²) in [6.07, 6.45) is 2.37. The number of hydrogen-bond acceptors (Lipinski definition) is 5. The monoisotopic (exact) mass is 256 g/mol. The third kappa shape index (κ3) is 1.71. The molecular formula is C12H8N4O3. The van der Waals surface area contributed by atoms with E-state index in [1.165, 1.54) is 6.20 Å². The first-order chi connectivity index (χ1) is 9.18. The van der Waals surface area contributed by atoms with Gasteiger partial charge in [0.25, 0.3) is 0 Å². The quantitative estimate of drug-likeness (QED) is 0.641. The van der Waals surface area contributed by atoms with Crippen LogP contribution in [0.5, 0.6) is 0 Å². The molecule has 1 atom stereocenters. The molecule has 94 valence electrons. The Hall–Kier alpha value is -2.83. The number of benzene rings is 1. The number of aromatic nitrogens is 2. The summed E-state index contributed by atoms with van der Waals surface area (Å²) in [7, 11) is 0. The van der Waals surface area contributed by atoms with E-state index in [1.54, 1.807) is 18.2 Å². The van der Waals surface area contributed by atoms with E-state index in [9.17, 15) is 14.9 Å². The second-order valence-corrected chi connectivity index (χ2v) is 4.04. The fraction of sp³-hybridized carbons (Fsp3) is 0.0833. The summed E-state index contributed by atoms with van der Waals surface area (Å²) in [6, 6.07) is 5.70. The van der Waals surface area contributed by atoms with Crippen LogP contribution in [0.4, 0.5) is 0 Å². The summed E-state index contributed by atoms with van der Waals surface area (Å²) in [6.45, 7) is 0. The maximum atomic E-state index is 11.6. The van der Waals surface area contributed by atoms with Crippen molar-refractivity contribution in [3.05, 3.63) is 52.3 Å². The summed E-state index contributed by atoms with van der Waals surface area (Å²) in [4.78, 5) is 26.0.